The first-order valence-electron chi connectivity index (χ1n) is 11.9. The predicted molar refractivity (Wildman–Crippen MR) is 154 cm³/mol. The number of nitrogens with one attached hydrogen (secondary N) is 2. The van der Waals surface area contributed by atoms with Gasteiger partial charge >= 0.3 is 0 Å². The second-order valence-electron chi connectivity index (χ2n) is 8.62. The highest BCUT2D eigenvalue weighted by Gasteiger charge is 2.15. The maximum Gasteiger partial charge on any atom is 0.272 e. The minimum atomic E-state index is -0.397. The molecule has 0 aliphatic rings. The highest BCUT2D eigenvalue weighted by molar-refractivity contribution is 7.98. The molecule has 4 rings (SSSR count). The van der Waals surface area contributed by atoms with Crippen LogP contribution in [0, 0.1) is 0 Å². The van der Waals surface area contributed by atoms with E-state index in [9.17, 15) is 9.59 Å². The van der Waals surface area contributed by atoms with E-state index in [1.54, 1.807) is 42.1 Å². The van der Waals surface area contributed by atoms with Crippen molar-refractivity contribution in [3.05, 3.63) is 132 Å². The molecule has 6 heteroatoms. The summed E-state index contributed by atoms with van der Waals surface area (Å²) in [5.74, 6) is 0.0877. The van der Waals surface area contributed by atoms with Gasteiger partial charge in [0.15, 0.2) is 0 Å². The Kier molecular flexibility index (Phi) is 8.79. The number of hydrogen-bond donors (Lipinski definition) is 2. The minimum Gasteiger partial charge on any atom is -0.378 e. The van der Waals surface area contributed by atoms with Crippen molar-refractivity contribution in [1.29, 1.82) is 0 Å². The zero-order valence-corrected chi connectivity index (χ0v) is 21.7. The van der Waals surface area contributed by atoms with Crippen molar-refractivity contribution in [2.24, 2.45) is 0 Å². The van der Waals surface area contributed by atoms with Crippen molar-refractivity contribution < 1.29 is 9.59 Å². The van der Waals surface area contributed by atoms with Crippen molar-refractivity contribution in [2.75, 3.05) is 24.3 Å². The third-order valence-electron chi connectivity index (χ3n) is 5.59. The molecule has 2 amide bonds. The molecule has 5 nitrogen and oxygen atoms in total. The number of benzene rings is 4. The van der Waals surface area contributed by atoms with Crippen LogP contribution in [0.15, 0.2) is 120 Å². The quantitative estimate of drug-likeness (QED) is 0.202. The molecule has 186 valence electrons. The molecule has 0 atom stereocenters. The molecule has 0 aliphatic heterocycles. The average molecular weight is 508 g/mol. The van der Waals surface area contributed by atoms with Crippen molar-refractivity contribution in [1.82, 2.24) is 5.32 Å². The number of anilines is 2. The second kappa shape index (κ2) is 12.6. The number of carbonyl (C=O) groups is 2. The average Bonchev–Trinajstić information content (AvgIpc) is 2.93. The molecule has 37 heavy (non-hydrogen) atoms. The van der Waals surface area contributed by atoms with Crippen LogP contribution in [0.5, 0.6) is 0 Å². The van der Waals surface area contributed by atoms with E-state index in [-0.39, 0.29) is 11.6 Å². The zero-order chi connectivity index (χ0) is 26.0. The summed E-state index contributed by atoms with van der Waals surface area (Å²) in [6.07, 6.45) is 1.68. The van der Waals surface area contributed by atoms with Crippen molar-refractivity contribution in [3.8, 4) is 0 Å². The van der Waals surface area contributed by atoms with Crippen LogP contribution >= 0.6 is 11.8 Å². The second-order valence-corrected chi connectivity index (χ2v) is 9.67. The van der Waals surface area contributed by atoms with Gasteiger partial charge in [-0.05, 0) is 59.7 Å². The summed E-state index contributed by atoms with van der Waals surface area (Å²) in [6.45, 7) is 0. The molecular weight excluding hydrogens is 478 g/mol. The molecule has 0 aliphatic carbocycles. The molecule has 0 saturated heterocycles. The molecule has 0 bridgehead atoms. The summed E-state index contributed by atoms with van der Waals surface area (Å²) in [6, 6.07) is 34.6. The zero-order valence-electron chi connectivity index (χ0n) is 20.8. The summed E-state index contributed by atoms with van der Waals surface area (Å²) in [7, 11) is 3.94. The maximum absolute atomic E-state index is 13.3. The number of nitrogens with zero attached hydrogens (tertiary/aromatic N) is 1. The van der Waals surface area contributed by atoms with Gasteiger partial charge in [-0.1, -0.05) is 66.7 Å². The van der Waals surface area contributed by atoms with Gasteiger partial charge in [0.1, 0.15) is 5.70 Å². The van der Waals surface area contributed by atoms with E-state index >= 15 is 0 Å². The van der Waals surface area contributed by atoms with Crippen LogP contribution in [-0.4, -0.2) is 25.9 Å². The summed E-state index contributed by atoms with van der Waals surface area (Å²) in [5.41, 5.74) is 4.37. The molecule has 0 fully saturated rings. The van der Waals surface area contributed by atoms with Crippen molar-refractivity contribution in [2.45, 2.75) is 10.6 Å². The molecule has 0 aromatic heterocycles. The van der Waals surface area contributed by atoms with Gasteiger partial charge in [-0.25, -0.2) is 0 Å². The van der Waals surface area contributed by atoms with Gasteiger partial charge in [0.2, 0.25) is 0 Å². The molecule has 0 unspecified atom stereocenters. The molecule has 4 aromatic rings. The molecule has 0 spiro atoms. The third kappa shape index (κ3) is 7.59. The van der Waals surface area contributed by atoms with E-state index < -0.39 is 5.91 Å². The van der Waals surface area contributed by atoms with Crippen LogP contribution in [-0.2, 0) is 10.5 Å². The highest BCUT2D eigenvalue weighted by Crippen LogP contribution is 2.25. The van der Waals surface area contributed by atoms with Crippen LogP contribution in [0.25, 0.3) is 6.08 Å². The Bertz CT molecular complexity index is 1370. The van der Waals surface area contributed by atoms with Crippen LogP contribution in [0.1, 0.15) is 21.5 Å². The third-order valence-corrected chi connectivity index (χ3v) is 6.65. The lowest BCUT2D eigenvalue weighted by Gasteiger charge is -2.14. The molecule has 0 saturated carbocycles. The fourth-order valence-electron chi connectivity index (χ4n) is 3.58. The smallest absolute Gasteiger partial charge is 0.272 e. The molecule has 2 N–H and O–H groups in total. The Morgan fingerprint density at radius 3 is 2.16 bits per heavy atom. The van der Waals surface area contributed by atoms with Gasteiger partial charge in [0, 0.05) is 41.7 Å². The van der Waals surface area contributed by atoms with E-state index in [0.29, 0.717) is 11.3 Å². The number of carbonyl (C=O) groups excluding carboxylic acids is 2. The lowest BCUT2D eigenvalue weighted by Crippen LogP contribution is -2.30. The first kappa shape index (κ1) is 25.8. The van der Waals surface area contributed by atoms with E-state index in [2.05, 4.69) is 22.8 Å². The number of rotatable bonds is 9. The Morgan fingerprint density at radius 2 is 1.49 bits per heavy atom. The fraction of sp³-hybridized carbons (Fsp3) is 0.0968. The molecule has 0 heterocycles. The Hall–Kier alpha value is -4.29. The van der Waals surface area contributed by atoms with Crippen LogP contribution < -0.4 is 15.5 Å². The first-order chi connectivity index (χ1) is 18.0. The standard InChI is InChI=1S/C31H29N3O2S/c1-34(2)27-18-16-23(17-19-27)20-29(33-30(35)25-12-7-4-8-13-25)31(36)32-26-14-9-15-28(21-26)37-22-24-10-5-3-6-11-24/h3-21H,22H2,1-2H3,(H,32,36)(H,33,35)/b29-20+. The largest absolute Gasteiger partial charge is 0.378 e. The van der Waals surface area contributed by atoms with E-state index in [4.69, 9.17) is 0 Å². The number of hydrogen-bond acceptors (Lipinski definition) is 4. The molecule has 0 radical (unpaired) electrons. The van der Waals surface area contributed by atoms with Gasteiger partial charge in [-0.3, -0.25) is 9.59 Å². The minimum absolute atomic E-state index is 0.161. The Morgan fingerprint density at radius 1 is 0.811 bits per heavy atom. The molecular formula is C31H29N3O2S. The van der Waals surface area contributed by atoms with E-state index in [1.165, 1.54) is 5.56 Å². The van der Waals surface area contributed by atoms with Crippen molar-refractivity contribution >= 4 is 41.0 Å². The lowest BCUT2D eigenvalue weighted by atomic mass is 10.1. The van der Waals surface area contributed by atoms with Gasteiger partial charge < -0.3 is 15.5 Å². The van der Waals surface area contributed by atoms with E-state index in [1.807, 2.05) is 91.8 Å². The monoisotopic (exact) mass is 507 g/mol. The van der Waals surface area contributed by atoms with Crippen molar-refractivity contribution in [3.63, 3.8) is 0 Å². The lowest BCUT2D eigenvalue weighted by molar-refractivity contribution is -0.113. The first-order valence-corrected chi connectivity index (χ1v) is 12.9. The maximum atomic E-state index is 13.3. The van der Waals surface area contributed by atoms with Crippen LogP contribution in [0.2, 0.25) is 0 Å². The van der Waals surface area contributed by atoms with Gasteiger partial charge in [-0.2, -0.15) is 0 Å². The van der Waals surface area contributed by atoms with Gasteiger partial charge in [-0.15, -0.1) is 11.8 Å². The summed E-state index contributed by atoms with van der Waals surface area (Å²) in [4.78, 5) is 29.3. The highest BCUT2D eigenvalue weighted by atomic mass is 32.2. The van der Waals surface area contributed by atoms with Gasteiger partial charge in [0.05, 0.1) is 0 Å². The van der Waals surface area contributed by atoms with Gasteiger partial charge in [0.25, 0.3) is 11.8 Å². The Balaban J connectivity index is 1.53. The SMILES string of the molecule is CN(C)c1ccc(/C=C(/NC(=O)c2ccccc2)C(=O)Nc2cccc(SCc3ccccc3)c2)cc1. The van der Waals surface area contributed by atoms with Crippen LogP contribution in [0.3, 0.4) is 0 Å². The molecule has 4 aromatic carbocycles. The number of amides is 2. The Labute approximate surface area is 222 Å². The fourth-order valence-corrected chi connectivity index (χ4v) is 4.49. The summed E-state index contributed by atoms with van der Waals surface area (Å²) < 4.78 is 0. The number of thioether (sulfide) groups is 1. The topological polar surface area (TPSA) is 61.4 Å². The normalized spacial score (nSPS) is 11.0. The predicted octanol–water partition coefficient (Wildman–Crippen LogP) is 6.45. The summed E-state index contributed by atoms with van der Waals surface area (Å²) in [5, 5.41) is 5.74. The summed E-state index contributed by atoms with van der Waals surface area (Å²) >= 11 is 1.70. The van der Waals surface area contributed by atoms with Crippen LogP contribution in [0.4, 0.5) is 11.4 Å². The van der Waals surface area contributed by atoms with E-state index in [0.717, 1.165) is 21.9 Å².